The van der Waals surface area contributed by atoms with Gasteiger partial charge in [0.15, 0.2) is 10.9 Å². The Kier molecular flexibility index (Phi) is 3.56. The van der Waals surface area contributed by atoms with Crippen molar-refractivity contribution >= 4 is 32.4 Å². The van der Waals surface area contributed by atoms with Crippen LogP contribution in [0.1, 0.15) is 27.5 Å². The van der Waals surface area contributed by atoms with Crippen molar-refractivity contribution in [3.63, 3.8) is 0 Å². The summed E-state index contributed by atoms with van der Waals surface area (Å²) >= 11 is 1.45. The fraction of sp³-hybridized carbons (Fsp3) is 0.333. The van der Waals surface area contributed by atoms with Crippen molar-refractivity contribution in [2.45, 2.75) is 24.4 Å². The zero-order valence-electron chi connectivity index (χ0n) is 11.2. The predicted octanol–water partition coefficient (Wildman–Crippen LogP) is 1.39. The van der Waals surface area contributed by atoms with Crippen LogP contribution in [0.2, 0.25) is 0 Å². The Balaban J connectivity index is 1.76. The minimum atomic E-state index is -3.69. The molecular weight excluding hydrogens is 314 g/mol. The monoisotopic (exact) mass is 327 g/mol. The summed E-state index contributed by atoms with van der Waals surface area (Å²) in [7, 11) is -2.42. The third-order valence-corrected chi connectivity index (χ3v) is 5.51. The minimum Gasteiger partial charge on any atom is -0.438 e. The average Bonchev–Trinajstić information content (AvgIpc) is 3.13. The number of nitrogens with zero attached hydrogens (tertiary/aromatic N) is 1. The van der Waals surface area contributed by atoms with E-state index in [9.17, 15) is 13.2 Å². The van der Waals surface area contributed by atoms with Crippen LogP contribution in [0.25, 0.3) is 0 Å². The molecule has 2 heterocycles. The molecule has 7 nitrogen and oxygen atoms in total. The van der Waals surface area contributed by atoms with Crippen LogP contribution < -0.4 is 10.0 Å². The number of rotatable bonds is 4. The Morgan fingerprint density at radius 3 is 2.90 bits per heavy atom. The number of nitrogens with one attached hydrogen (secondary N) is 2. The van der Waals surface area contributed by atoms with E-state index in [1.54, 1.807) is 0 Å². The van der Waals surface area contributed by atoms with Crippen LogP contribution in [-0.4, -0.2) is 26.4 Å². The highest BCUT2D eigenvalue weighted by atomic mass is 32.2. The number of amides is 1. The molecule has 0 saturated heterocycles. The Hall–Kier alpha value is -1.71. The molecule has 9 heteroatoms. The van der Waals surface area contributed by atoms with Crippen LogP contribution in [-0.2, 0) is 22.9 Å². The van der Waals surface area contributed by atoms with E-state index in [1.807, 2.05) is 0 Å². The van der Waals surface area contributed by atoms with Gasteiger partial charge in [-0.15, -0.1) is 11.3 Å². The van der Waals surface area contributed by atoms with Crippen molar-refractivity contribution in [2.24, 2.45) is 0 Å². The molecule has 21 heavy (non-hydrogen) atoms. The van der Waals surface area contributed by atoms with E-state index in [2.05, 4.69) is 15.0 Å². The number of hydrogen-bond acceptors (Lipinski definition) is 6. The number of furan rings is 1. The van der Waals surface area contributed by atoms with Crippen molar-refractivity contribution in [3.05, 3.63) is 28.5 Å². The van der Waals surface area contributed by atoms with Gasteiger partial charge >= 0.3 is 0 Å². The topological polar surface area (TPSA) is 101 Å². The Bertz CT molecular complexity index is 770. The number of carbonyl (C=O) groups is 1. The first-order valence-corrected chi connectivity index (χ1v) is 8.63. The van der Waals surface area contributed by atoms with Gasteiger partial charge in [0.25, 0.3) is 15.9 Å². The molecule has 0 bridgehead atoms. The summed E-state index contributed by atoms with van der Waals surface area (Å²) in [5.74, 6) is -0.584. The SMILES string of the molecule is CNS(=O)(=O)c1ccc(C(=O)Nc2nc3c(s2)CCC3)o1. The summed E-state index contributed by atoms with van der Waals surface area (Å²) in [4.78, 5) is 17.6. The van der Waals surface area contributed by atoms with Crippen LogP contribution in [0.3, 0.4) is 0 Å². The largest absolute Gasteiger partial charge is 0.438 e. The van der Waals surface area contributed by atoms with Gasteiger partial charge in [-0.25, -0.2) is 18.1 Å². The normalized spacial score (nSPS) is 14.1. The van der Waals surface area contributed by atoms with Crippen LogP contribution >= 0.6 is 11.3 Å². The second-order valence-electron chi connectivity index (χ2n) is 4.52. The standard InChI is InChI=1S/C12H13N3O4S2/c1-13-21(17,18)10-6-5-8(19-10)11(16)15-12-14-7-3-2-4-9(7)20-12/h5-6,13H,2-4H2,1H3,(H,14,15,16). The lowest BCUT2D eigenvalue weighted by atomic mass is 10.4. The molecule has 2 N–H and O–H groups in total. The van der Waals surface area contributed by atoms with E-state index >= 15 is 0 Å². The first kappa shape index (κ1) is 14.2. The summed E-state index contributed by atoms with van der Waals surface area (Å²) in [6.45, 7) is 0. The summed E-state index contributed by atoms with van der Waals surface area (Å²) < 4.78 is 30.3. The van der Waals surface area contributed by atoms with Gasteiger partial charge in [-0.05, 0) is 38.4 Å². The fourth-order valence-corrected chi connectivity index (χ4v) is 3.78. The quantitative estimate of drug-likeness (QED) is 0.883. The molecular formula is C12H13N3O4S2. The molecule has 112 valence electrons. The first-order chi connectivity index (χ1) is 9.99. The molecule has 0 atom stereocenters. The van der Waals surface area contributed by atoms with Crippen molar-refractivity contribution in [3.8, 4) is 0 Å². The van der Waals surface area contributed by atoms with E-state index < -0.39 is 15.9 Å². The van der Waals surface area contributed by atoms with Crippen molar-refractivity contribution < 1.29 is 17.6 Å². The molecule has 0 unspecified atom stereocenters. The van der Waals surface area contributed by atoms with Gasteiger partial charge in [0.1, 0.15) is 0 Å². The maximum absolute atomic E-state index is 12.0. The Labute approximate surface area is 125 Å². The lowest BCUT2D eigenvalue weighted by Crippen LogP contribution is -2.18. The van der Waals surface area contributed by atoms with Gasteiger partial charge in [-0.1, -0.05) is 0 Å². The molecule has 2 aromatic heterocycles. The number of thiazole rings is 1. The van der Waals surface area contributed by atoms with E-state index in [1.165, 1.54) is 35.4 Å². The summed E-state index contributed by atoms with van der Waals surface area (Å²) in [5, 5.41) is 2.85. The second-order valence-corrected chi connectivity index (χ2v) is 7.42. The van der Waals surface area contributed by atoms with Gasteiger partial charge in [-0.2, -0.15) is 0 Å². The Morgan fingerprint density at radius 2 is 2.19 bits per heavy atom. The molecule has 1 amide bonds. The van der Waals surface area contributed by atoms with Crippen LogP contribution in [0, 0.1) is 0 Å². The highest BCUT2D eigenvalue weighted by Crippen LogP contribution is 2.30. The minimum absolute atomic E-state index is 0.0702. The number of fused-ring (bicyclic) bond motifs is 1. The van der Waals surface area contributed by atoms with E-state index in [0.717, 1.165) is 25.0 Å². The smallest absolute Gasteiger partial charge is 0.293 e. The summed E-state index contributed by atoms with van der Waals surface area (Å²) in [5.41, 5.74) is 1.04. The maximum Gasteiger partial charge on any atom is 0.293 e. The van der Waals surface area contributed by atoms with Gasteiger partial charge in [0, 0.05) is 4.88 Å². The maximum atomic E-state index is 12.0. The first-order valence-electron chi connectivity index (χ1n) is 6.33. The van der Waals surface area contributed by atoms with Crippen LogP contribution in [0.4, 0.5) is 5.13 Å². The van der Waals surface area contributed by atoms with Crippen molar-refractivity contribution in [1.82, 2.24) is 9.71 Å². The van der Waals surface area contributed by atoms with E-state index in [-0.39, 0.29) is 10.9 Å². The molecule has 1 aliphatic carbocycles. The summed E-state index contributed by atoms with van der Waals surface area (Å²) in [6, 6.07) is 2.56. The lowest BCUT2D eigenvalue weighted by molar-refractivity contribution is 0.0991. The number of hydrogen-bond donors (Lipinski definition) is 2. The Morgan fingerprint density at radius 1 is 1.38 bits per heavy atom. The number of anilines is 1. The average molecular weight is 327 g/mol. The number of aryl methyl sites for hydroxylation is 2. The second kappa shape index (κ2) is 5.24. The third kappa shape index (κ3) is 2.71. The highest BCUT2D eigenvalue weighted by Gasteiger charge is 2.22. The van der Waals surface area contributed by atoms with Gasteiger partial charge < -0.3 is 4.42 Å². The zero-order valence-corrected chi connectivity index (χ0v) is 12.8. The zero-order chi connectivity index (χ0) is 15.0. The number of aromatic nitrogens is 1. The molecule has 0 spiro atoms. The fourth-order valence-electron chi connectivity index (χ4n) is 2.09. The number of carbonyl (C=O) groups excluding carboxylic acids is 1. The van der Waals surface area contributed by atoms with Crippen LogP contribution in [0.5, 0.6) is 0 Å². The third-order valence-electron chi connectivity index (χ3n) is 3.15. The molecule has 3 rings (SSSR count). The molecule has 0 aliphatic heterocycles. The molecule has 0 fully saturated rings. The predicted molar refractivity (Wildman–Crippen MR) is 77.0 cm³/mol. The van der Waals surface area contributed by atoms with Crippen LogP contribution in [0.15, 0.2) is 21.6 Å². The van der Waals surface area contributed by atoms with Gasteiger partial charge in [-0.3, -0.25) is 10.1 Å². The number of sulfonamides is 1. The van der Waals surface area contributed by atoms with Gasteiger partial charge in [0.05, 0.1) is 5.69 Å². The van der Waals surface area contributed by atoms with E-state index in [4.69, 9.17) is 4.42 Å². The van der Waals surface area contributed by atoms with Crippen molar-refractivity contribution in [1.29, 1.82) is 0 Å². The highest BCUT2D eigenvalue weighted by molar-refractivity contribution is 7.89. The lowest BCUT2D eigenvalue weighted by Gasteiger charge is -1.99. The molecule has 1 aliphatic rings. The summed E-state index contributed by atoms with van der Waals surface area (Å²) in [6.07, 6.45) is 3.03. The van der Waals surface area contributed by atoms with Gasteiger partial charge in [0.2, 0.25) is 5.09 Å². The molecule has 0 saturated carbocycles. The molecule has 0 radical (unpaired) electrons. The van der Waals surface area contributed by atoms with E-state index in [0.29, 0.717) is 5.13 Å². The van der Waals surface area contributed by atoms with Crippen molar-refractivity contribution in [2.75, 3.05) is 12.4 Å². The molecule has 0 aromatic carbocycles. The molecule has 2 aromatic rings.